The topological polar surface area (TPSA) is 218 Å². The molecule has 0 saturated carbocycles. The number of alkyl halides is 1. The number of ether oxygens (including phenoxy) is 13. The van der Waals surface area contributed by atoms with Gasteiger partial charge in [0, 0.05) is 19.2 Å². The van der Waals surface area contributed by atoms with E-state index in [1.54, 1.807) is 0 Å². The number of hydrogen-bond donors (Lipinski definition) is 1. The third kappa shape index (κ3) is 37.5. The van der Waals surface area contributed by atoms with Crippen molar-refractivity contribution in [1.29, 1.82) is 0 Å². The summed E-state index contributed by atoms with van der Waals surface area (Å²) in [6, 6.07) is 3.43. The summed E-state index contributed by atoms with van der Waals surface area (Å²) in [5.41, 5.74) is -0.529. The van der Waals surface area contributed by atoms with Gasteiger partial charge in [-0.15, -0.1) is 0 Å². The standard InChI is InChI=1S/C38H68IN3O17/c39-7-3-1-2-4-9-47-11-13-49-15-17-51-19-21-53-23-25-55-27-29-57-31-33-59-34-32-58-30-28-56-26-24-54-22-20-52-18-16-50-14-12-48-10-8-40-37-6-5-36(41(43)44)35-38(37)42(45)46/h5-6,35,40H,1-4,7-34H2. The van der Waals surface area contributed by atoms with Gasteiger partial charge in [-0.05, 0) is 23.3 Å². The SMILES string of the molecule is O=[N+]([O-])c1ccc(NCCOCCOCCOCCOCCOCCOCCOCCOCCOCCOCCOCCOCCOCCCCCCI)c([N+](=O)[O-])c1. The van der Waals surface area contributed by atoms with Crippen molar-refractivity contribution in [2.75, 3.05) is 188 Å². The van der Waals surface area contributed by atoms with Crippen molar-refractivity contribution in [3.63, 3.8) is 0 Å². The zero-order chi connectivity index (χ0) is 42.5. The number of nitro benzene ring substituents is 2. The largest absolute Gasteiger partial charge is 0.379 e. The fourth-order valence-corrected chi connectivity index (χ4v) is 5.12. The van der Waals surface area contributed by atoms with Crippen LogP contribution < -0.4 is 5.32 Å². The molecule has 0 aliphatic rings. The van der Waals surface area contributed by atoms with Gasteiger partial charge >= 0.3 is 0 Å². The highest BCUT2D eigenvalue weighted by atomic mass is 127. The third-order valence-corrected chi connectivity index (χ3v) is 8.35. The Morgan fingerprint density at radius 1 is 0.407 bits per heavy atom. The summed E-state index contributed by atoms with van der Waals surface area (Å²) < 4.78 is 72.5. The molecule has 21 heteroatoms. The first kappa shape index (κ1) is 55.0. The van der Waals surface area contributed by atoms with Gasteiger partial charge in [0.2, 0.25) is 0 Å². The molecule has 0 atom stereocenters. The second kappa shape index (κ2) is 44.1. The lowest BCUT2D eigenvalue weighted by Gasteiger charge is -2.09. The molecule has 344 valence electrons. The highest BCUT2D eigenvalue weighted by molar-refractivity contribution is 14.1. The Bertz CT molecular complexity index is 1100. The molecule has 0 radical (unpaired) electrons. The molecule has 1 N–H and O–H groups in total. The zero-order valence-electron chi connectivity index (χ0n) is 34.6. The summed E-state index contributed by atoms with van der Waals surface area (Å²) in [7, 11) is 0. The molecule has 0 aliphatic carbocycles. The van der Waals surface area contributed by atoms with Crippen molar-refractivity contribution in [1.82, 2.24) is 0 Å². The molecule has 0 spiro atoms. The molecule has 0 amide bonds. The molecule has 0 heterocycles. The number of benzene rings is 1. The molecule has 1 rings (SSSR count). The van der Waals surface area contributed by atoms with E-state index in [2.05, 4.69) is 27.9 Å². The molecule has 1 aromatic rings. The molecule has 0 bridgehead atoms. The van der Waals surface area contributed by atoms with Crippen LogP contribution in [-0.4, -0.2) is 193 Å². The Kier molecular flexibility index (Phi) is 41.1. The summed E-state index contributed by atoms with van der Waals surface area (Å²) in [5.74, 6) is 0. The molecule has 0 saturated heterocycles. The molecule has 20 nitrogen and oxygen atoms in total. The number of rotatable bonds is 48. The summed E-state index contributed by atoms with van der Waals surface area (Å²) in [6.45, 7) is 12.9. The van der Waals surface area contributed by atoms with E-state index in [-0.39, 0.29) is 30.2 Å². The molecule has 0 fully saturated rings. The van der Waals surface area contributed by atoms with Crippen LogP contribution >= 0.6 is 22.6 Å². The monoisotopic (exact) mass is 965 g/mol. The number of nitrogens with zero attached hydrogens (tertiary/aromatic N) is 2. The second-order valence-electron chi connectivity index (χ2n) is 12.2. The Morgan fingerprint density at radius 3 is 1.02 bits per heavy atom. The fraction of sp³-hybridized carbons (Fsp3) is 0.842. The maximum atomic E-state index is 11.2. The minimum Gasteiger partial charge on any atom is -0.379 e. The number of nitrogens with one attached hydrogen (secondary N) is 1. The summed E-state index contributed by atoms with van der Waals surface area (Å²) >= 11 is 2.41. The molecule has 1 aromatic carbocycles. The van der Waals surface area contributed by atoms with E-state index >= 15 is 0 Å². The maximum absolute atomic E-state index is 11.2. The highest BCUT2D eigenvalue weighted by Crippen LogP contribution is 2.28. The minimum atomic E-state index is -0.681. The Balaban J connectivity index is 1.67. The van der Waals surface area contributed by atoms with Gasteiger partial charge in [-0.2, -0.15) is 0 Å². The molecule has 0 aromatic heterocycles. The normalized spacial score (nSPS) is 11.4. The first-order valence-corrected chi connectivity index (χ1v) is 21.8. The average Bonchev–Trinajstić information content (AvgIpc) is 3.23. The van der Waals surface area contributed by atoms with Crippen molar-refractivity contribution in [2.45, 2.75) is 25.7 Å². The van der Waals surface area contributed by atoms with Crippen molar-refractivity contribution in [3.8, 4) is 0 Å². The summed E-state index contributed by atoms with van der Waals surface area (Å²) in [4.78, 5) is 20.6. The quantitative estimate of drug-likeness (QED) is 0.0319. The molecular formula is C38H68IN3O17. The van der Waals surface area contributed by atoms with Crippen LogP contribution in [0.1, 0.15) is 25.7 Å². The van der Waals surface area contributed by atoms with Gasteiger partial charge in [0.25, 0.3) is 11.4 Å². The van der Waals surface area contributed by atoms with Crippen LogP contribution in [0.15, 0.2) is 18.2 Å². The van der Waals surface area contributed by atoms with Crippen molar-refractivity contribution >= 4 is 39.7 Å². The van der Waals surface area contributed by atoms with Crippen LogP contribution in [-0.2, 0) is 61.6 Å². The number of unbranched alkanes of at least 4 members (excludes halogenated alkanes) is 3. The number of hydrogen-bond acceptors (Lipinski definition) is 18. The van der Waals surface area contributed by atoms with Gasteiger partial charge in [-0.25, -0.2) is 0 Å². The number of anilines is 1. The minimum absolute atomic E-state index is 0.185. The number of nitro groups is 2. The lowest BCUT2D eigenvalue weighted by Crippen LogP contribution is -2.16. The van der Waals surface area contributed by atoms with Crippen LogP contribution in [0.25, 0.3) is 0 Å². The highest BCUT2D eigenvalue weighted by Gasteiger charge is 2.19. The van der Waals surface area contributed by atoms with E-state index in [4.69, 9.17) is 61.6 Å². The van der Waals surface area contributed by atoms with Gasteiger partial charge in [0.05, 0.1) is 181 Å². The maximum Gasteiger partial charge on any atom is 0.299 e. The number of halogens is 1. The van der Waals surface area contributed by atoms with E-state index in [1.165, 1.54) is 35.8 Å². The van der Waals surface area contributed by atoms with E-state index < -0.39 is 9.85 Å². The summed E-state index contributed by atoms with van der Waals surface area (Å²) in [5, 5.41) is 24.8. The third-order valence-electron chi connectivity index (χ3n) is 7.59. The smallest absolute Gasteiger partial charge is 0.299 e. The lowest BCUT2D eigenvalue weighted by atomic mass is 10.2. The lowest BCUT2D eigenvalue weighted by molar-refractivity contribution is -0.393. The predicted octanol–water partition coefficient (Wildman–Crippen LogP) is 4.13. The first-order chi connectivity index (χ1) is 29.1. The van der Waals surface area contributed by atoms with Gasteiger partial charge in [-0.1, -0.05) is 35.4 Å². The van der Waals surface area contributed by atoms with Crippen molar-refractivity contribution < 1.29 is 71.4 Å². The molecule has 0 aliphatic heterocycles. The first-order valence-electron chi connectivity index (χ1n) is 20.3. The molecule has 0 unspecified atom stereocenters. The van der Waals surface area contributed by atoms with E-state index in [0.717, 1.165) is 19.1 Å². The van der Waals surface area contributed by atoms with E-state index in [9.17, 15) is 20.2 Å². The summed E-state index contributed by atoms with van der Waals surface area (Å²) in [6.07, 6.45) is 4.94. The van der Waals surface area contributed by atoms with Crippen LogP contribution in [0.2, 0.25) is 0 Å². The van der Waals surface area contributed by atoms with Gasteiger partial charge in [0.15, 0.2) is 0 Å². The fourth-order valence-electron chi connectivity index (χ4n) is 4.59. The van der Waals surface area contributed by atoms with Crippen molar-refractivity contribution in [3.05, 3.63) is 38.4 Å². The van der Waals surface area contributed by atoms with Gasteiger partial charge in [0.1, 0.15) is 5.69 Å². The second-order valence-corrected chi connectivity index (χ2v) is 13.3. The zero-order valence-corrected chi connectivity index (χ0v) is 36.7. The molecule has 59 heavy (non-hydrogen) atoms. The van der Waals surface area contributed by atoms with Crippen LogP contribution in [0.4, 0.5) is 17.1 Å². The Morgan fingerprint density at radius 2 is 0.712 bits per heavy atom. The van der Waals surface area contributed by atoms with Crippen LogP contribution in [0.3, 0.4) is 0 Å². The predicted molar refractivity (Wildman–Crippen MR) is 226 cm³/mol. The van der Waals surface area contributed by atoms with Crippen molar-refractivity contribution in [2.24, 2.45) is 0 Å². The Hall–Kier alpha value is -1.97. The van der Waals surface area contributed by atoms with Crippen LogP contribution in [0.5, 0.6) is 0 Å². The van der Waals surface area contributed by atoms with Gasteiger partial charge in [-0.3, -0.25) is 20.2 Å². The van der Waals surface area contributed by atoms with Gasteiger partial charge < -0.3 is 66.9 Å². The van der Waals surface area contributed by atoms with E-state index in [0.29, 0.717) is 159 Å². The van der Waals surface area contributed by atoms with E-state index in [1.807, 2.05) is 0 Å². The Labute approximate surface area is 362 Å². The number of non-ortho nitro benzene ring substituents is 1. The van der Waals surface area contributed by atoms with Crippen LogP contribution in [0, 0.1) is 20.2 Å². The molecular weight excluding hydrogens is 897 g/mol. The average molecular weight is 966 g/mol.